The average Bonchev–Trinajstić information content (AvgIpc) is 3.14. The van der Waals surface area contributed by atoms with E-state index in [9.17, 15) is 4.79 Å². The molecule has 1 aromatic carbocycles. The molecule has 0 amide bonds. The van der Waals surface area contributed by atoms with Crippen LogP contribution in [0.4, 0.5) is 0 Å². The monoisotopic (exact) mass is 299 g/mol. The van der Waals surface area contributed by atoms with E-state index >= 15 is 0 Å². The highest BCUT2D eigenvalue weighted by atomic mass is 16.5. The van der Waals surface area contributed by atoms with Crippen LogP contribution < -0.4 is 9.47 Å². The van der Waals surface area contributed by atoms with Gasteiger partial charge in [-0.25, -0.2) is 4.79 Å². The van der Waals surface area contributed by atoms with Gasteiger partial charge in [0.2, 0.25) is 6.08 Å². The largest absolute Gasteiger partial charge is 0.490 e. The lowest BCUT2D eigenvalue weighted by Gasteiger charge is -2.27. The molecule has 0 radical (unpaired) electrons. The zero-order valence-corrected chi connectivity index (χ0v) is 13.1. The van der Waals surface area contributed by atoms with Crippen LogP contribution in [0.1, 0.15) is 56.2 Å². The fourth-order valence-electron chi connectivity index (χ4n) is 4.38. The van der Waals surface area contributed by atoms with Gasteiger partial charge < -0.3 is 9.47 Å². The summed E-state index contributed by atoms with van der Waals surface area (Å²) < 4.78 is 12.1. The Hall–Kier alpha value is -1.80. The van der Waals surface area contributed by atoms with Gasteiger partial charge in [0.1, 0.15) is 29.2 Å². The molecule has 2 atom stereocenters. The van der Waals surface area contributed by atoms with Gasteiger partial charge in [-0.15, -0.1) is 0 Å². The standard InChI is InChI=1S/C18H21NO3/c1-11-7-13-9-15-14(8-12(2)21-15)16(17(13)22-11)18(19-10-20)5-3-4-6-18/h9,11-12H,3-8H2,1-2H3. The van der Waals surface area contributed by atoms with E-state index in [-0.39, 0.29) is 12.2 Å². The van der Waals surface area contributed by atoms with Gasteiger partial charge in [0.05, 0.1) is 0 Å². The van der Waals surface area contributed by atoms with Crippen molar-refractivity contribution >= 4 is 6.08 Å². The minimum atomic E-state index is -0.450. The SMILES string of the molecule is CC1Cc2c(cc3c(c2C2(N=C=O)CCCC2)OC(C)C3)O1. The molecule has 0 N–H and O–H groups in total. The van der Waals surface area contributed by atoms with E-state index in [4.69, 9.17) is 9.47 Å². The molecule has 4 nitrogen and oxygen atoms in total. The summed E-state index contributed by atoms with van der Waals surface area (Å²) in [4.78, 5) is 15.4. The number of ether oxygens (including phenoxy) is 2. The Morgan fingerprint density at radius 2 is 1.91 bits per heavy atom. The first-order valence-corrected chi connectivity index (χ1v) is 8.24. The number of isocyanates is 1. The van der Waals surface area contributed by atoms with Crippen LogP contribution in [0.5, 0.6) is 11.5 Å². The van der Waals surface area contributed by atoms with Crippen molar-refractivity contribution in [1.29, 1.82) is 0 Å². The van der Waals surface area contributed by atoms with Crippen molar-refractivity contribution in [3.63, 3.8) is 0 Å². The van der Waals surface area contributed by atoms with Crippen LogP contribution in [-0.4, -0.2) is 18.3 Å². The molecule has 3 aliphatic rings. The molecule has 1 saturated carbocycles. The van der Waals surface area contributed by atoms with Crippen molar-refractivity contribution in [3.8, 4) is 11.5 Å². The highest BCUT2D eigenvalue weighted by Gasteiger charge is 2.44. The fraction of sp³-hybridized carbons (Fsp3) is 0.611. The quantitative estimate of drug-likeness (QED) is 0.621. The molecule has 0 saturated heterocycles. The lowest BCUT2D eigenvalue weighted by atomic mass is 9.82. The maximum Gasteiger partial charge on any atom is 0.235 e. The van der Waals surface area contributed by atoms with Crippen LogP contribution >= 0.6 is 0 Å². The second-order valence-electron chi connectivity index (χ2n) is 6.92. The summed E-state index contributed by atoms with van der Waals surface area (Å²) in [6.07, 6.45) is 7.93. The molecule has 22 heavy (non-hydrogen) atoms. The van der Waals surface area contributed by atoms with Crippen LogP contribution in [0, 0.1) is 0 Å². The van der Waals surface area contributed by atoms with Crippen LogP contribution in [0.25, 0.3) is 0 Å². The number of fused-ring (bicyclic) bond motifs is 2. The lowest BCUT2D eigenvalue weighted by Crippen LogP contribution is -2.22. The molecule has 2 aliphatic heterocycles. The van der Waals surface area contributed by atoms with Crippen molar-refractivity contribution in [2.45, 2.75) is 70.1 Å². The molecule has 1 aliphatic carbocycles. The molecule has 116 valence electrons. The van der Waals surface area contributed by atoms with E-state index in [0.717, 1.165) is 55.6 Å². The van der Waals surface area contributed by atoms with Gasteiger partial charge >= 0.3 is 0 Å². The van der Waals surface area contributed by atoms with Crippen LogP contribution in [-0.2, 0) is 23.2 Å². The fourth-order valence-corrected chi connectivity index (χ4v) is 4.38. The highest BCUT2D eigenvalue weighted by molar-refractivity contribution is 5.61. The van der Waals surface area contributed by atoms with E-state index < -0.39 is 5.54 Å². The first-order valence-electron chi connectivity index (χ1n) is 8.24. The predicted molar refractivity (Wildman–Crippen MR) is 82.3 cm³/mol. The zero-order valence-electron chi connectivity index (χ0n) is 13.1. The van der Waals surface area contributed by atoms with Crippen LogP contribution in [0.2, 0.25) is 0 Å². The number of aliphatic imine (C=N–C) groups is 1. The van der Waals surface area contributed by atoms with Crippen molar-refractivity contribution in [2.24, 2.45) is 4.99 Å². The molecule has 4 heteroatoms. The van der Waals surface area contributed by atoms with Crippen LogP contribution in [0.15, 0.2) is 11.1 Å². The first kappa shape index (κ1) is 13.8. The van der Waals surface area contributed by atoms with Crippen molar-refractivity contribution in [2.75, 3.05) is 0 Å². The highest BCUT2D eigenvalue weighted by Crippen LogP contribution is 2.53. The normalized spacial score (nSPS) is 27.5. The number of hydrogen-bond donors (Lipinski definition) is 0. The summed E-state index contributed by atoms with van der Waals surface area (Å²) in [6.45, 7) is 4.17. The Kier molecular flexibility index (Phi) is 3.05. The van der Waals surface area contributed by atoms with E-state index in [0.29, 0.717) is 0 Å². The minimum Gasteiger partial charge on any atom is -0.490 e. The van der Waals surface area contributed by atoms with Gasteiger partial charge in [0.25, 0.3) is 0 Å². The maximum absolute atomic E-state index is 11.1. The van der Waals surface area contributed by atoms with E-state index in [1.165, 1.54) is 11.1 Å². The van der Waals surface area contributed by atoms with Crippen molar-refractivity contribution < 1.29 is 14.3 Å². The number of nitrogens with zero attached hydrogens (tertiary/aromatic N) is 1. The average molecular weight is 299 g/mol. The number of benzene rings is 1. The van der Waals surface area contributed by atoms with E-state index in [1.54, 1.807) is 0 Å². The second-order valence-corrected chi connectivity index (χ2v) is 6.92. The third kappa shape index (κ3) is 1.90. The maximum atomic E-state index is 11.1. The van der Waals surface area contributed by atoms with Gasteiger partial charge in [-0.3, -0.25) is 0 Å². The summed E-state index contributed by atoms with van der Waals surface area (Å²) >= 11 is 0. The van der Waals surface area contributed by atoms with Gasteiger partial charge in [0, 0.05) is 29.5 Å². The number of rotatable bonds is 2. The Morgan fingerprint density at radius 3 is 2.64 bits per heavy atom. The summed E-state index contributed by atoms with van der Waals surface area (Å²) in [5.74, 6) is 1.93. The number of carbonyl (C=O) groups excluding carboxylic acids is 1. The molecular formula is C18H21NO3. The molecular weight excluding hydrogens is 278 g/mol. The third-order valence-electron chi connectivity index (χ3n) is 5.23. The van der Waals surface area contributed by atoms with E-state index in [1.807, 2.05) is 6.08 Å². The third-order valence-corrected chi connectivity index (χ3v) is 5.23. The molecule has 2 heterocycles. The summed E-state index contributed by atoms with van der Waals surface area (Å²) in [5, 5.41) is 0. The van der Waals surface area contributed by atoms with Crippen molar-refractivity contribution in [1.82, 2.24) is 0 Å². The Balaban J connectivity index is 1.97. The minimum absolute atomic E-state index is 0.173. The molecule has 0 spiro atoms. The summed E-state index contributed by atoms with van der Waals surface area (Å²) in [7, 11) is 0. The Bertz CT molecular complexity index is 633. The Morgan fingerprint density at radius 1 is 1.18 bits per heavy atom. The van der Waals surface area contributed by atoms with E-state index in [2.05, 4.69) is 24.9 Å². The zero-order chi connectivity index (χ0) is 15.3. The van der Waals surface area contributed by atoms with Gasteiger partial charge in [0.15, 0.2) is 0 Å². The lowest BCUT2D eigenvalue weighted by molar-refractivity contribution is 0.247. The topological polar surface area (TPSA) is 47.9 Å². The molecule has 2 unspecified atom stereocenters. The summed E-state index contributed by atoms with van der Waals surface area (Å²) in [5.41, 5.74) is 3.06. The molecule has 0 bridgehead atoms. The number of hydrogen-bond acceptors (Lipinski definition) is 4. The predicted octanol–water partition coefficient (Wildman–Crippen LogP) is 3.44. The molecule has 1 fully saturated rings. The molecule has 4 rings (SSSR count). The second kappa shape index (κ2) is 4.85. The first-order chi connectivity index (χ1) is 10.6. The van der Waals surface area contributed by atoms with Gasteiger partial charge in [-0.1, -0.05) is 12.8 Å². The molecule has 1 aromatic rings. The molecule has 0 aromatic heterocycles. The van der Waals surface area contributed by atoms with Crippen LogP contribution in [0.3, 0.4) is 0 Å². The van der Waals surface area contributed by atoms with Gasteiger partial charge in [-0.2, -0.15) is 4.99 Å². The Labute approximate surface area is 130 Å². The summed E-state index contributed by atoms with van der Waals surface area (Å²) in [6, 6.07) is 2.13. The smallest absolute Gasteiger partial charge is 0.235 e. The van der Waals surface area contributed by atoms with Gasteiger partial charge in [-0.05, 0) is 32.8 Å². The van der Waals surface area contributed by atoms with Crippen molar-refractivity contribution in [3.05, 3.63) is 22.8 Å².